The maximum atomic E-state index is 11.7. The fraction of sp³-hybridized carbons (Fsp3) is 0.333. The Morgan fingerprint density at radius 3 is 3.06 bits per heavy atom. The molecule has 5 nitrogen and oxygen atoms in total. The maximum Gasteiger partial charge on any atom is 0.228 e. The van der Waals surface area contributed by atoms with Gasteiger partial charge in [0.15, 0.2) is 0 Å². The van der Waals surface area contributed by atoms with E-state index in [4.69, 9.17) is 5.73 Å². The zero-order valence-electron chi connectivity index (χ0n) is 9.60. The van der Waals surface area contributed by atoms with Crippen molar-refractivity contribution in [2.75, 3.05) is 11.4 Å². The molecular weight excluding hydrogens is 216 g/mol. The molecule has 1 aliphatic rings. The smallest absolute Gasteiger partial charge is 0.228 e. The molecule has 1 fully saturated rings. The molecule has 1 aliphatic heterocycles. The number of hydrogen-bond donors (Lipinski definition) is 2. The molecule has 1 saturated heterocycles. The number of fused-ring (bicyclic) bond motifs is 1. The van der Waals surface area contributed by atoms with Crippen molar-refractivity contribution in [1.29, 1.82) is 0 Å². The number of amides is 1. The van der Waals surface area contributed by atoms with E-state index in [9.17, 15) is 4.79 Å². The van der Waals surface area contributed by atoms with Gasteiger partial charge in [-0.1, -0.05) is 0 Å². The lowest BCUT2D eigenvalue weighted by Crippen LogP contribution is -2.27. The summed E-state index contributed by atoms with van der Waals surface area (Å²) in [7, 11) is 0. The van der Waals surface area contributed by atoms with E-state index in [-0.39, 0.29) is 11.9 Å². The van der Waals surface area contributed by atoms with E-state index in [2.05, 4.69) is 9.97 Å². The number of nitrogens with one attached hydrogen (secondary N) is 1. The Morgan fingerprint density at radius 2 is 2.35 bits per heavy atom. The molecule has 17 heavy (non-hydrogen) atoms. The topological polar surface area (TPSA) is 75.0 Å². The van der Waals surface area contributed by atoms with Crippen molar-refractivity contribution >= 4 is 22.6 Å². The van der Waals surface area contributed by atoms with Gasteiger partial charge in [0.2, 0.25) is 5.91 Å². The van der Waals surface area contributed by atoms with Crippen LogP contribution in [0.5, 0.6) is 0 Å². The van der Waals surface area contributed by atoms with Crippen molar-refractivity contribution in [2.45, 2.75) is 19.4 Å². The summed E-state index contributed by atoms with van der Waals surface area (Å²) >= 11 is 0. The maximum absolute atomic E-state index is 11.7. The number of nitrogens with zero attached hydrogens (tertiary/aromatic N) is 2. The quantitative estimate of drug-likeness (QED) is 0.765. The van der Waals surface area contributed by atoms with Gasteiger partial charge < -0.3 is 15.6 Å². The standard InChI is InChI=1S/C12H14N4O/c1-7-14-10-3-2-9(5-11(10)15-7)16-6-8(13)4-12(16)17/h2-3,5,8H,4,6,13H2,1H3,(H,14,15). The van der Waals surface area contributed by atoms with Crippen molar-refractivity contribution < 1.29 is 4.79 Å². The molecule has 2 heterocycles. The molecule has 0 aliphatic carbocycles. The van der Waals surface area contributed by atoms with Crippen molar-refractivity contribution in [3.05, 3.63) is 24.0 Å². The van der Waals surface area contributed by atoms with E-state index < -0.39 is 0 Å². The van der Waals surface area contributed by atoms with Crippen LogP contribution in [0.1, 0.15) is 12.2 Å². The van der Waals surface area contributed by atoms with Crippen molar-refractivity contribution in [2.24, 2.45) is 5.73 Å². The van der Waals surface area contributed by atoms with E-state index in [1.807, 2.05) is 25.1 Å². The second kappa shape index (κ2) is 3.56. The number of nitrogens with two attached hydrogens (primary N) is 1. The Hall–Kier alpha value is -1.88. The summed E-state index contributed by atoms with van der Waals surface area (Å²) in [6, 6.07) is 5.73. The van der Waals surface area contributed by atoms with Crippen LogP contribution < -0.4 is 10.6 Å². The summed E-state index contributed by atoms with van der Waals surface area (Å²) in [6.07, 6.45) is 0.431. The van der Waals surface area contributed by atoms with Gasteiger partial charge in [0, 0.05) is 24.7 Å². The zero-order chi connectivity index (χ0) is 12.0. The van der Waals surface area contributed by atoms with E-state index >= 15 is 0 Å². The Labute approximate surface area is 98.6 Å². The largest absolute Gasteiger partial charge is 0.342 e. The first-order valence-electron chi connectivity index (χ1n) is 5.66. The molecule has 88 valence electrons. The number of rotatable bonds is 1. The monoisotopic (exact) mass is 230 g/mol. The lowest BCUT2D eigenvalue weighted by atomic mass is 10.2. The summed E-state index contributed by atoms with van der Waals surface area (Å²) < 4.78 is 0. The number of carbonyl (C=O) groups is 1. The second-order valence-corrected chi connectivity index (χ2v) is 4.49. The number of hydrogen-bond acceptors (Lipinski definition) is 3. The Balaban J connectivity index is 2.03. The Bertz CT molecular complexity index is 589. The molecule has 0 radical (unpaired) electrons. The van der Waals surface area contributed by atoms with E-state index in [0.29, 0.717) is 13.0 Å². The Morgan fingerprint density at radius 1 is 1.53 bits per heavy atom. The number of aromatic amines is 1. The molecule has 1 aromatic heterocycles. The molecule has 2 aromatic rings. The van der Waals surface area contributed by atoms with Crippen LogP contribution in [0, 0.1) is 6.92 Å². The molecule has 3 N–H and O–H groups in total. The van der Waals surface area contributed by atoms with Crippen molar-refractivity contribution in [3.63, 3.8) is 0 Å². The third kappa shape index (κ3) is 1.68. The molecule has 5 heteroatoms. The number of benzene rings is 1. The first-order chi connectivity index (χ1) is 8.13. The highest BCUT2D eigenvalue weighted by Crippen LogP contribution is 2.24. The molecule has 3 rings (SSSR count). The summed E-state index contributed by atoms with van der Waals surface area (Å²) in [4.78, 5) is 21.0. The minimum absolute atomic E-state index is 0.0540. The summed E-state index contributed by atoms with van der Waals surface area (Å²) in [5.74, 6) is 0.967. The fourth-order valence-electron chi connectivity index (χ4n) is 2.28. The van der Waals surface area contributed by atoms with Crippen LogP contribution in [0.25, 0.3) is 11.0 Å². The molecule has 0 bridgehead atoms. The predicted octanol–water partition coefficient (Wildman–Crippen LogP) is 0.935. The first-order valence-corrected chi connectivity index (χ1v) is 5.66. The van der Waals surface area contributed by atoms with Gasteiger partial charge in [-0.3, -0.25) is 4.79 Å². The third-order valence-corrected chi connectivity index (χ3v) is 3.05. The number of imidazole rings is 1. The number of carbonyl (C=O) groups excluding carboxylic acids is 1. The molecule has 1 atom stereocenters. The molecule has 1 unspecified atom stereocenters. The van der Waals surface area contributed by atoms with Gasteiger partial charge in [-0.15, -0.1) is 0 Å². The number of H-pyrrole nitrogens is 1. The van der Waals surface area contributed by atoms with Gasteiger partial charge >= 0.3 is 0 Å². The third-order valence-electron chi connectivity index (χ3n) is 3.05. The second-order valence-electron chi connectivity index (χ2n) is 4.49. The van der Waals surface area contributed by atoms with Crippen LogP contribution in [-0.2, 0) is 4.79 Å². The van der Waals surface area contributed by atoms with Crippen LogP contribution >= 0.6 is 0 Å². The normalized spacial score (nSPS) is 20.5. The van der Waals surface area contributed by atoms with E-state index in [1.54, 1.807) is 4.90 Å². The molecule has 1 amide bonds. The summed E-state index contributed by atoms with van der Waals surface area (Å²) in [6.45, 7) is 2.51. The highest BCUT2D eigenvalue weighted by Gasteiger charge is 2.28. The molecule has 0 spiro atoms. The van der Waals surface area contributed by atoms with Gasteiger partial charge in [0.25, 0.3) is 0 Å². The van der Waals surface area contributed by atoms with E-state index in [1.165, 1.54) is 0 Å². The predicted molar refractivity (Wildman–Crippen MR) is 65.8 cm³/mol. The van der Waals surface area contributed by atoms with Crippen molar-refractivity contribution in [3.8, 4) is 0 Å². The van der Waals surface area contributed by atoms with Crippen LogP contribution in [0.3, 0.4) is 0 Å². The fourth-order valence-corrected chi connectivity index (χ4v) is 2.28. The van der Waals surface area contributed by atoms with Crippen LogP contribution in [-0.4, -0.2) is 28.5 Å². The van der Waals surface area contributed by atoms with Gasteiger partial charge in [-0.05, 0) is 25.1 Å². The molecule has 1 aromatic carbocycles. The van der Waals surface area contributed by atoms with Gasteiger partial charge in [0.1, 0.15) is 5.82 Å². The number of anilines is 1. The minimum Gasteiger partial charge on any atom is -0.342 e. The number of aromatic nitrogens is 2. The number of aryl methyl sites for hydroxylation is 1. The van der Waals surface area contributed by atoms with Gasteiger partial charge in [0.05, 0.1) is 11.0 Å². The van der Waals surface area contributed by atoms with Crippen molar-refractivity contribution in [1.82, 2.24) is 9.97 Å². The minimum atomic E-state index is -0.0540. The van der Waals surface area contributed by atoms with Gasteiger partial charge in [-0.2, -0.15) is 0 Å². The summed E-state index contributed by atoms with van der Waals surface area (Å²) in [5, 5.41) is 0. The lowest BCUT2D eigenvalue weighted by molar-refractivity contribution is -0.117. The molecular formula is C12H14N4O. The van der Waals surface area contributed by atoms with Crippen LogP contribution in [0.2, 0.25) is 0 Å². The van der Waals surface area contributed by atoms with E-state index in [0.717, 1.165) is 22.5 Å². The SMILES string of the molecule is Cc1nc2ccc(N3CC(N)CC3=O)cc2[nH]1. The lowest BCUT2D eigenvalue weighted by Gasteiger charge is -2.15. The van der Waals surface area contributed by atoms with Crippen LogP contribution in [0.4, 0.5) is 5.69 Å². The zero-order valence-corrected chi connectivity index (χ0v) is 9.60. The highest BCUT2D eigenvalue weighted by atomic mass is 16.2. The first kappa shape index (κ1) is 10.3. The average molecular weight is 230 g/mol. The van der Waals surface area contributed by atoms with Crippen LogP contribution in [0.15, 0.2) is 18.2 Å². The molecule has 0 saturated carbocycles. The summed E-state index contributed by atoms with van der Waals surface area (Å²) in [5.41, 5.74) is 8.55. The highest BCUT2D eigenvalue weighted by molar-refractivity contribution is 5.97. The van der Waals surface area contributed by atoms with Gasteiger partial charge in [-0.25, -0.2) is 4.98 Å². The average Bonchev–Trinajstić information content (AvgIpc) is 2.78. The Kier molecular flexibility index (Phi) is 2.16.